The molecule has 0 bridgehead atoms. The Bertz CT molecular complexity index is 1070. The maximum Gasteiger partial charge on any atom is 0.433 e. The van der Waals surface area contributed by atoms with Crippen molar-refractivity contribution >= 4 is 11.9 Å². The van der Waals surface area contributed by atoms with Gasteiger partial charge in [0.2, 0.25) is 11.8 Å². The molecule has 0 aliphatic rings. The van der Waals surface area contributed by atoms with Gasteiger partial charge in [0, 0.05) is 11.3 Å². The molecule has 7 nitrogen and oxygen atoms in total. The third-order valence-electron chi connectivity index (χ3n) is 4.03. The highest BCUT2D eigenvalue weighted by Crippen LogP contribution is 2.40. The monoisotopic (exact) mass is 418 g/mol. The fourth-order valence-corrected chi connectivity index (χ4v) is 2.77. The summed E-state index contributed by atoms with van der Waals surface area (Å²) < 4.78 is 50.0. The Morgan fingerprint density at radius 1 is 1.07 bits per heavy atom. The first-order valence-electron chi connectivity index (χ1n) is 8.68. The molecule has 0 unspecified atom stereocenters. The third-order valence-corrected chi connectivity index (χ3v) is 4.03. The van der Waals surface area contributed by atoms with Crippen molar-refractivity contribution in [3.63, 3.8) is 0 Å². The zero-order chi connectivity index (χ0) is 21.9. The first kappa shape index (κ1) is 21.0. The number of rotatable bonds is 5. The SMILES string of the molecule is COC(=O)COc1nc(N)nc(-c2ccccc2)c1-c1cc(C)nc(C(F)(F)F)c1. The summed E-state index contributed by atoms with van der Waals surface area (Å²) in [5, 5.41) is 0. The summed E-state index contributed by atoms with van der Waals surface area (Å²) in [4.78, 5) is 23.3. The lowest BCUT2D eigenvalue weighted by molar-refractivity contribution is -0.143. The highest BCUT2D eigenvalue weighted by molar-refractivity contribution is 5.85. The molecule has 0 aliphatic heterocycles. The van der Waals surface area contributed by atoms with E-state index >= 15 is 0 Å². The summed E-state index contributed by atoms with van der Waals surface area (Å²) in [5.74, 6) is -1.01. The minimum absolute atomic E-state index is 0.119. The van der Waals surface area contributed by atoms with Crippen LogP contribution < -0.4 is 10.5 Å². The van der Waals surface area contributed by atoms with Gasteiger partial charge in [-0.15, -0.1) is 0 Å². The fraction of sp³-hybridized carbons (Fsp3) is 0.200. The van der Waals surface area contributed by atoms with Crippen LogP contribution in [0.2, 0.25) is 0 Å². The molecular weight excluding hydrogens is 401 g/mol. The summed E-state index contributed by atoms with van der Waals surface area (Å²) >= 11 is 0. The van der Waals surface area contributed by atoms with Crippen molar-refractivity contribution in [2.75, 3.05) is 19.5 Å². The number of carbonyl (C=O) groups is 1. The normalized spacial score (nSPS) is 11.2. The Labute approximate surface area is 169 Å². The molecule has 156 valence electrons. The molecule has 0 fully saturated rings. The van der Waals surface area contributed by atoms with E-state index < -0.39 is 24.4 Å². The van der Waals surface area contributed by atoms with Crippen molar-refractivity contribution in [3.8, 4) is 28.3 Å². The van der Waals surface area contributed by atoms with Crippen LogP contribution in [0.1, 0.15) is 11.4 Å². The van der Waals surface area contributed by atoms with Gasteiger partial charge in [-0.2, -0.15) is 18.2 Å². The van der Waals surface area contributed by atoms with Crippen molar-refractivity contribution in [3.05, 3.63) is 53.9 Å². The topological polar surface area (TPSA) is 100 Å². The average Bonchev–Trinajstić information content (AvgIpc) is 2.71. The van der Waals surface area contributed by atoms with Crippen molar-refractivity contribution in [2.45, 2.75) is 13.1 Å². The summed E-state index contributed by atoms with van der Waals surface area (Å²) in [6.07, 6.45) is -4.66. The van der Waals surface area contributed by atoms with Crippen molar-refractivity contribution in [2.24, 2.45) is 0 Å². The van der Waals surface area contributed by atoms with Crippen molar-refractivity contribution in [1.82, 2.24) is 15.0 Å². The molecule has 0 radical (unpaired) electrons. The van der Waals surface area contributed by atoms with E-state index in [0.717, 1.165) is 6.07 Å². The number of alkyl halides is 3. The maximum absolute atomic E-state index is 13.3. The van der Waals surface area contributed by atoms with Gasteiger partial charge in [0.05, 0.1) is 18.4 Å². The van der Waals surface area contributed by atoms with Crippen LogP contribution in [0, 0.1) is 6.92 Å². The molecule has 2 aromatic heterocycles. The average molecular weight is 418 g/mol. The number of halogens is 3. The number of aromatic nitrogens is 3. The number of methoxy groups -OCH3 is 1. The maximum atomic E-state index is 13.3. The summed E-state index contributed by atoms with van der Waals surface area (Å²) in [7, 11) is 1.18. The predicted molar refractivity (Wildman–Crippen MR) is 102 cm³/mol. The van der Waals surface area contributed by atoms with Gasteiger partial charge in [-0.3, -0.25) is 0 Å². The van der Waals surface area contributed by atoms with Crippen LogP contribution in [0.4, 0.5) is 19.1 Å². The molecule has 2 N–H and O–H groups in total. The molecule has 1 aromatic carbocycles. The van der Waals surface area contributed by atoms with Gasteiger partial charge in [0.25, 0.3) is 0 Å². The first-order valence-corrected chi connectivity index (χ1v) is 8.68. The highest BCUT2D eigenvalue weighted by atomic mass is 19.4. The minimum atomic E-state index is -4.66. The number of carbonyl (C=O) groups excluding carboxylic acids is 1. The predicted octanol–water partition coefficient (Wildman–Crippen LogP) is 3.67. The number of nitrogen functional groups attached to an aromatic ring is 1. The molecule has 0 amide bonds. The Morgan fingerprint density at radius 3 is 2.40 bits per heavy atom. The molecule has 0 saturated carbocycles. The van der Waals surface area contributed by atoms with Gasteiger partial charge in [-0.1, -0.05) is 30.3 Å². The molecule has 2 heterocycles. The number of ether oxygens (including phenoxy) is 2. The summed E-state index contributed by atoms with van der Waals surface area (Å²) in [6.45, 7) is 0.929. The van der Waals surface area contributed by atoms with Gasteiger partial charge in [-0.05, 0) is 24.6 Å². The van der Waals surface area contributed by atoms with E-state index in [-0.39, 0.29) is 34.3 Å². The number of aryl methyl sites for hydroxylation is 1. The number of benzene rings is 1. The largest absolute Gasteiger partial charge is 0.466 e. The second kappa shape index (κ2) is 8.36. The highest BCUT2D eigenvalue weighted by Gasteiger charge is 2.34. The Kier molecular flexibility index (Phi) is 5.86. The number of nitrogens with zero attached hydrogens (tertiary/aromatic N) is 3. The van der Waals surface area contributed by atoms with Gasteiger partial charge in [0.15, 0.2) is 6.61 Å². The molecule has 0 spiro atoms. The molecule has 10 heteroatoms. The second-order valence-corrected chi connectivity index (χ2v) is 6.22. The molecule has 3 rings (SSSR count). The van der Waals surface area contributed by atoms with Gasteiger partial charge < -0.3 is 15.2 Å². The standard InChI is InChI=1S/C20H17F3N4O3/c1-11-8-13(9-14(25-11)20(21,22)23)16-17(12-6-4-3-5-7-12)26-19(24)27-18(16)30-10-15(28)29-2/h3-9H,10H2,1-2H3,(H2,24,26,27). The summed E-state index contributed by atoms with van der Waals surface area (Å²) in [5.41, 5.74) is 5.95. The lowest BCUT2D eigenvalue weighted by Gasteiger charge is -2.16. The van der Waals surface area contributed by atoms with E-state index in [1.165, 1.54) is 20.1 Å². The van der Waals surface area contributed by atoms with Crippen LogP contribution in [-0.4, -0.2) is 34.6 Å². The molecule has 0 atom stereocenters. The lowest BCUT2D eigenvalue weighted by Crippen LogP contribution is -2.15. The molecule has 0 saturated heterocycles. The van der Waals surface area contributed by atoms with Crippen molar-refractivity contribution < 1.29 is 27.4 Å². The first-order chi connectivity index (χ1) is 14.2. The number of hydrogen-bond donors (Lipinski definition) is 1. The van der Waals surface area contributed by atoms with Crippen LogP contribution in [0.5, 0.6) is 5.88 Å². The van der Waals surface area contributed by atoms with E-state index in [0.29, 0.717) is 5.56 Å². The smallest absolute Gasteiger partial charge is 0.433 e. The second-order valence-electron chi connectivity index (χ2n) is 6.22. The fourth-order valence-electron chi connectivity index (χ4n) is 2.77. The van der Waals surface area contributed by atoms with Crippen LogP contribution in [0.15, 0.2) is 42.5 Å². The van der Waals surface area contributed by atoms with Crippen LogP contribution in [0.3, 0.4) is 0 Å². The molecular formula is C20H17F3N4O3. The Balaban J connectivity index is 2.27. The zero-order valence-electron chi connectivity index (χ0n) is 16.0. The van der Waals surface area contributed by atoms with Gasteiger partial charge in [-0.25, -0.2) is 14.8 Å². The number of pyridine rings is 1. The molecule has 3 aromatic rings. The number of anilines is 1. The quantitative estimate of drug-likeness (QED) is 0.631. The minimum Gasteiger partial charge on any atom is -0.466 e. The van der Waals surface area contributed by atoms with E-state index in [2.05, 4.69) is 19.7 Å². The third kappa shape index (κ3) is 4.65. The van der Waals surface area contributed by atoms with E-state index in [9.17, 15) is 18.0 Å². The number of hydrogen-bond acceptors (Lipinski definition) is 7. The Morgan fingerprint density at radius 2 is 1.77 bits per heavy atom. The zero-order valence-corrected chi connectivity index (χ0v) is 16.0. The Hall–Kier alpha value is -3.69. The molecule has 0 aliphatic carbocycles. The van der Waals surface area contributed by atoms with E-state index in [1.807, 2.05) is 0 Å². The van der Waals surface area contributed by atoms with E-state index in [1.54, 1.807) is 30.3 Å². The van der Waals surface area contributed by atoms with Gasteiger partial charge >= 0.3 is 12.1 Å². The lowest BCUT2D eigenvalue weighted by atomic mass is 9.99. The van der Waals surface area contributed by atoms with Crippen LogP contribution >= 0.6 is 0 Å². The van der Waals surface area contributed by atoms with Gasteiger partial charge in [0.1, 0.15) is 5.69 Å². The van der Waals surface area contributed by atoms with Crippen LogP contribution in [0.25, 0.3) is 22.4 Å². The van der Waals surface area contributed by atoms with Crippen molar-refractivity contribution in [1.29, 1.82) is 0 Å². The number of esters is 1. The van der Waals surface area contributed by atoms with E-state index in [4.69, 9.17) is 10.5 Å². The van der Waals surface area contributed by atoms with Crippen LogP contribution in [-0.2, 0) is 15.7 Å². The molecule has 30 heavy (non-hydrogen) atoms. The number of nitrogens with two attached hydrogens (primary N) is 1. The summed E-state index contributed by atoms with van der Waals surface area (Å²) in [6, 6.07) is 11.0.